The number of ether oxygens (including phenoxy) is 2. The summed E-state index contributed by atoms with van der Waals surface area (Å²) in [6, 6.07) is 16.2. The number of hydrogen-bond acceptors (Lipinski definition) is 17. The number of nitrogens with one attached hydrogen (secondary N) is 5. The molecule has 5 amide bonds. The lowest BCUT2D eigenvalue weighted by molar-refractivity contribution is -0.142. The van der Waals surface area contributed by atoms with Gasteiger partial charge in [0, 0.05) is 107 Å². The van der Waals surface area contributed by atoms with Crippen LogP contribution in [0.25, 0.3) is 0 Å². The molecule has 4 aromatic rings. The fraction of sp³-hybridized carbons (Fsp3) is 0.389. The van der Waals surface area contributed by atoms with Crippen LogP contribution in [0.1, 0.15) is 48.6 Å². The first-order chi connectivity index (χ1) is 39.5. The number of aromatic hydroxyl groups is 2. The monoisotopic (exact) mass is 1200 g/mol. The average molecular weight is 1200 g/mol. The molecule has 1 fully saturated rings. The number of carbonyl (C=O) groups excluding carboxylic acids is 4. The minimum absolute atomic E-state index is 0.00109. The fourth-order valence-corrected chi connectivity index (χ4v) is 9.27. The number of carboxylic acid groups (broad SMARTS) is 5. The Morgan fingerprint density at radius 2 is 1.18 bits per heavy atom. The predicted octanol–water partition coefficient (Wildman–Crippen LogP) is 2.03. The van der Waals surface area contributed by atoms with Crippen LogP contribution in [-0.4, -0.2) is 226 Å². The van der Waals surface area contributed by atoms with Crippen molar-refractivity contribution in [2.75, 3.05) is 110 Å². The number of carboxylic acids is 5. The third-order valence-corrected chi connectivity index (χ3v) is 13.2. The van der Waals surface area contributed by atoms with Gasteiger partial charge >= 0.3 is 35.9 Å². The standard InChI is InChI=1S/C54H65Cl2N9O18/c55-42-23-36(51(77)58-26-34-3-1-4-39(66)20-34)24-43(56)49(42)52(78)61-44(53(79)80)27-59-50(76)35-21-40(67)25-41(22-35)83-17-2-16-82-18-9-57-54(81)60-37-7-5-33(6-8-37)19-38-28-64(31-47(72)73)13-12-62(29-45(68)69)10-11-63(30-46(70)71)14-15-65(38)32-48(74)75/h1,3-8,20-25,38,44,66-67H,2,9-19,26-32H2,(H,58,77)(H,59,76)(H,61,78)(H,68,69)(H,70,71)(H,72,73)(H,74,75)(H,79,80)(H2,57,60,81)/t38?,44-/m0/s1. The second kappa shape index (κ2) is 33.0. The van der Waals surface area contributed by atoms with Gasteiger partial charge in [-0.25, -0.2) is 9.59 Å². The van der Waals surface area contributed by atoms with Crippen LogP contribution in [0.3, 0.4) is 0 Å². The van der Waals surface area contributed by atoms with Gasteiger partial charge in [0.1, 0.15) is 23.3 Å². The van der Waals surface area contributed by atoms with Gasteiger partial charge < -0.3 is 71.8 Å². The molecule has 1 aliphatic heterocycles. The topological polar surface area (TPSA) is 387 Å². The predicted molar refractivity (Wildman–Crippen MR) is 298 cm³/mol. The molecule has 0 aliphatic carbocycles. The summed E-state index contributed by atoms with van der Waals surface area (Å²) in [6.45, 7) is -0.558. The molecule has 27 nitrogen and oxygen atoms in total. The Hall–Kier alpha value is -8.31. The molecule has 29 heteroatoms. The molecule has 0 spiro atoms. The number of halogens is 2. The number of benzene rings is 4. The van der Waals surface area contributed by atoms with Crippen LogP contribution in [0, 0.1) is 0 Å². The third-order valence-electron chi connectivity index (χ3n) is 12.6. The number of amides is 5. The Kier molecular flexibility index (Phi) is 26.0. The van der Waals surface area contributed by atoms with E-state index in [1.165, 1.54) is 36.4 Å². The normalized spacial score (nSPS) is 15.1. The van der Waals surface area contributed by atoms with E-state index in [0.29, 0.717) is 17.7 Å². The number of phenols is 2. The van der Waals surface area contributed by atoms with E-state index in [0.717, 1.165) is 11.6 Å². The van der Waals surface area contributed by atoms with Crippen molar-refractivity contribution in [3.63, 3.8) is 0 Å². The number of aliphatic carboxylic acids is 5. The second-order valence-corrected chi connectivity index (χ2v) is 19.9. The Morgan fingerprint density at radius 3 is 1.80 bits per heavy atom. The number of phenolic OH excluding ortho intramolecular Hbond substituents is 2. The summed E-state index contributed by atoms with van der Waals surface area (Å²) >= 11 is 12.6. The van der Waals surface area contributed by atoms with Crippen molar-refractivity contribution in [2.24, 2.45) is 0 Å². The Balaban J connectivity index is 1.05. The first-order valence-corrected chi connectivity index (χ1v) is 26.6. The van der Waals surface area contributed by atoms with E-state index in [9.17, 15) is 78.9 Å². The Morgan fingerprint density at radius 1 is 0.590 bits per heavy atom. The van der Waals surface area contributed by atoms with Crippen molar-refractivity contribution < 1.29 is 88.4 Å². The van der Waals surface area contributed by atoms with Crippen molar-refractivity contribution in [1.82, 2.24) is 40.9 Å². The maximum Gasteiger partial charge on any atom is 0.328 e. The fourth-order valence-electron chi connectivity index (χ4n) is 8.61. The Labute approximate surface area is 485 Å². The number of carbonyl (C=O) groups is 9. The van der Waals surface area contributed by atoms with E-state index < -0.39 is 85.3 Å². The van der Waals surface area contributed by atoms with E-state index in [-0.39, 0.29) is 142 Å². The smallest absolute Gasteiger partial charge is 0.328 e. The molecule has 0 radical (unpaired) electrons. The first-order valence-electron chi connectivity index (χ1n) is 25.9. The van der Waals surface area contributed by atoms with Crippen LogP contribution >= 0.6 is 23.2 Å². The molecule has 12 N–H and O–H groups in total. The number of urea groups is 1. The third kappa shape index (κ3) is 23.2. The lowest BCUT2D eigenvalue weighted by Crippen LogP contribution is -2.53. The van der Waals surface area contributed by atoms with Gasteiger partial charge in [0.15, 0.2) is 0 Å². The van der Waals surface area contributed by atoms with E-state index in [2.05, 4.69) is 26.6 Å². The van der Waals surface area contributed by atoms with Gasteiger partial charge in [0.25, 0.3) is 17.7 Å². The van der Waals surface area contributed by atoms with Gasteiger partial charge in [0.05, 0.1) is 55.0 Å². The zero-order valence-corrected chi connectivity index (χ0v) is 46.3. The number of anilines is 1. The van der Waals surface area contributed by atoms with Crippen LogP contribution in [-0.2, 0) is 41.7 Å². The lowest BCUT2D eigenvalue weighted by Gasteiger charge is -2.37. The number of rotatable bonds is 28. The Bertz CT molecular complexity index is 2920. The highest BCUT2D eigenvalue weighted by atomic mass is 35.5. The number of hydrogen-bond donors (Lipinski definition) is 12. The summed E-state index contributed by atoms with van der Waals surface area (Å²) in [5, 5.41) is 80.6. The van der Waals surface area contributed by atoms with Gasteiger partial charge in [-0.2, -0.15) is 0 Å². The molecule has 4 aromatic carbocycles. The molecular weight excluding hydrogens is 1130 g/mol. The van der Waals surface area contributed by atoms with Gasteiger partial charge in [0.2, 0.25) is 0 Å². The molecule has 0 bridgehead atoms. The van der Waals surface area contributed by atoms with Gasteiger partial charge in [-0.15, -0.1) is 0 Å². The zero-order valence-electron chi connectivity index (χ0n) is 44.8. The summed E-state index contributed by atoms with van der Waals surface area (Å²) in [7, 11) is 0. The molecule has 448 valence electrons. The molecule has 1 unspecified atom stereocenters. The van der Waals surface area contributed by atoms with Gasteiger partial charge in [-0.05, 0) is 66.1 Å². The first kappa shape index (κ1) is 65.5. The van der Waals surface area contributed by atoms with Crippen LogP contribution < -0.4 is 31.3 Å². The van der Waals surface area contributed by atoms with Crippen molar-refractivity contribution in [1.29, 1.82) is 0 Å². The maximum atomic E-state index is 13.2. The van der Waals surface area contributed by atoms with Crippen molar-refractivity contribution >= 4 is 82.5 Å². The van der Waals surface area contributed by atoms with Crippen LogP contribution in [0.15, 0.2) is 78.9 Å². The maximum absolute atomic E-state index is 13.2. The lowest BCUT2D eigenvalue weighted by atomic mass is 10.0. The zero-order chi connectivity index (χ0) is 60.6. The number of nitrogens with zero attached hydrogens (tertiary/aromatic N) is 4. The van der Waals surface area contributed by atoms with Crippen molar-refractivity contribution in [2.45, 2.75) is 31.5 Å². The highest BCUT2D eigenvalue weighted by Gasteiger charge is 2.29. The average Bonchev–Trinajstić information content (AvgIpc) is 3.61. The van der Waals surface area contributed by atoms with E-state index >= 15 is 0 Å². The highest BCUT2D eigenvalue weighted by Crippen LogP contribution is 2.28. The molecule has 83 heavy (non-hydrogen) atoms. The van der Waals surface area contributed by atoms with E-state index in [1.54, 1.807) is 56.0 Å². The highest BCUT2D eigenvalue weighted by molar-refractivity contribution is 6.40. The molecule has 1 heterocycles. The van der Waals surface area contributed by atoms with Crippen LogP contribution in [0.5, 0.6) is 17.2 Å². The van der Waals surface area contributed by atoms with E-state index in [4.69, 9.17) is 32.7 Å². The molecule has 1 aliphatic rings. The summed E-state index contributed by atoms with van der Waals surface area (Å²) in [5.74, 6) is -8.66. The summed E-state index contributed by atoms with van der Waals surface area (Å²) in [4.78, 5) is 118. The summed E-state index contributed by atoms with van der Waals surface area (Å²) in [6.07, 6.45) is 0.591. The summed E-state index contributed by atoms with van der Waals surface area (Å²) in [5.41, 5.74) is 1.33. The van der Waals surface area contributed by atoms with Crippen LogP contribution in [0.2, 0.25) is 10.0 Å². The summed E-state index contributed by atoms with van der Waals surface area (Å²) < 4.78 is 11.3. The molecule has 1 saturated heterocycles. The second-order valence-electron chi connectivity index (χ2n) is 19.0. The van der Waals surface area contributed by atoms with Crippen molar-refractivity contribution in [3.8, 4) is 17.2 Å². The molecule has 2 atom stereocenters. The molecule has 0 saturated carbocycles. The van der Waals surface area contributed by atoms with Crippen molar-refractivity contribution in [3.05, 3.63) is 117 Å². The molecule has 0 aromatic heterocycles. The molecular formula is C54H65Cl2N9O18. The largest absolute Gasteiger partial charge is 0.508 e. The molecule has 5 rings (SSSR count). The van der Waals surface area contributed by atoms with Crippen LogP contribution in [0.4, 0.5) is 10.5 Å². The van der Waals surface area contributed by atoms with Gasteiger partial charge in [-0.3, -0.25) is 53.2 Å². The minimum Gasteiger partial charge on any atom is -0.508 e. The minimum atomic E-state index is -1.68. The van der Waals surface area contributed by atoms with E-state index in [1.807, 2.05) is 0 Å². The quantitative estimate of drug-likeness (QED) is 0.0362. The van der Waals surface area contributed by atoms with Gasteiger partial charge in [-0.1, -0.05) is 47.5 Å². The SMILES string of the molecule is O=C(O)CN1CCN(CC(=O)O)CCN(CC(=O)O)C(Cc2ccc(NC(=O)NCCOCCCOc3cc(O)cc(C(=O)NC[C@H](NC(=O)c4c(Cl)cc(C(=O)NCc5cccc(O)c5)cc4Cl)C(=O)O)c3)cc2)CN(CC(=O)O)CC1.